The number of nitrogens with zero attached hydrogens (tertiary/aromatic N) is 1. The SMILES string of the molecule is O=C(C1CCCC1)N(c1ccc(F)cc1)[C@H]1COC2(CCNCC2)C1. The van der Waals surface area contributed by atoms with Crippen LogP contribution in [-0.2, 0) is 9.53 Å². The highest BCUT2D eigenvalue weighted by Crippen LogP contribution is 2.39. The van der Waals surface area contributed by atoms with Gasteiger partial charge in [0.15, 0.2) is 0 Å². The fraction of sp³-hybridized carbons (Fsp3) is 0.650. The smallest absolute Gasteiger partial charge is 0.230 e. The highest BCUT2D eigenvalue weighted by Gasteiger charge is 2.45. The summed E-state index contributed by atoms with van der Waals surface area (Å²) in [4.78, 5) is 15.2. The Morgan fingerprint density at radius 1 is 1.16 bits per heavy atom. The molecule has 2 saturated heterocycles. The lowest BCUT2D eigenvalue weighted by Gasteiger charge is -2.35. The highest BCUT2D eigenvalue weighted by molar-refractivity contribution is 5.95. The van der Waals surface area contributed by atoms with E-state index in [0.717, 1.165) is 63.7 Å². The first-order valence-corrected chi connectivity index (χ1v) is 9.60. The molecule has 4 nitrogen and oxygen atoms in total. The van der Waals surface area contributed by atoms with E-state index in [2.05, 4.69) is 5.32 Å². The van der Waals surface area contributed by atoms with E-state index in [0.29, 0.717) is 6.61 Å². The summed E-state index contributed by atoms with van der Waals surface area (Å²) in [6.07, 6.45) is 7.08. The van der Waals surface area contributed by atoms with E-state index in [4.69, 9.17) is 4.74 Å². The summed E-state index contributed by atoms with van der Waals surface area (Å²) in [5.41, 5.74) is 0.710. The minimum absolute atomic E-state index is 0.0525. The third kappa shape index (κ3) is 3.44. The topological polar surface area (TPSA) is 41.6 Å². The second-order valence-corrected chi connectivity index (χ2v) is 7.77. The van der Waals surface area contributed by atoms with E-state index < -0.39 is 0 Å². The predicted molar refractivity (Wildman–Crippen MR) is 95.0 cm³/mol. The molecular formula is C20H27FN2O2. The molecule has 1 atom stereocenters. The van der Waals surface area contributed by atoms with Crippen molar-refractivity contribution in [3.8, 4) is 0 Å². The van der Waals surface area contributed by atoms with Crippen molar-refractivity contribution < 1.29 is 13.9 Å². The second kappa shape index (κ2) is 7.04. The summed E-state index contributed by atoms with van der Waals surface area (Å²) in [6, 6.07) is 6.41. The van der Waals surface area contributed by atoms with Crippen LogP contribution in [0.1, 0.15) is 44.9 Å². The summed E-state index contributed by atoms with van der Waals surface area (Å²) < 4.78 is 19.6. The Balaban J connectivity index is 1.58. The lowest BCUT2D eigenvalue weighted by molar-refractivity contribution is -0.122. The van der Waals surface area contributed by atoms with Crippen LogP contribution in [0.25, 0.3) is 0 Å². The van der Waals surface area contributed by atoms with Gasteiger partial charge in [-0.05, 0) is 69.5 Å². The van der Waals surface area contributed by atoms with Crippen LogP contribution >= 0.6 is 0 Å². The van der Waals surface area contributed by atoms with Crippen LogP contribution < -0.4 is 10.2 Å². The summed E-state index contributed by atoms with van der Waals surface area (Å²) >= 11 is 0. The largest absolute Gasteiger partial charge is 0.373 e. The normalized spacial score (nSPS) is 26.2. The first-order chi connectivity index (χ1) is 12.2. The molecule has 4 rings (SSSR count). The van der Waals surface area contributed by atoms with Crippen LogP contribution in [0.3, 0.4) is 0 Å². The maximum absolute atomic E-state index is 13.4. The van der Waals surface area contributed by atoms with Crippen LogP contribution in [0.5, 0.6) is 0 Å². The van der Waals surface area contributed by atoms with Crippen molar-refractivity contribution in [3.63, 3.8) is 0 Å². The van der Waals surface area contributed by atoms with Crippen LogP contribution in [0.2, 0.25) is 0 Å². The molecule has 0 aromatic heterocycles. The van der Waals surface area contributed by atoms with Gasteiger partial charge in [-0.25, -0.2) is 4.39 Å². The molecule has 1 N–H and O–H groups in total. The number of ether oxygens (including phenoxy) is 1. The quantitative estimate of drug-likeness (QED) is 0.913. The van der Waals surface area contributed by atoms with Gasteiger partial charge < -0.3 is 15.0 Å². The van der Waals surface area contributed by atoms with E-state index in [1.807, 2.05) is 4.90 Å². The number of benzene rings is 1. The Kier molecular flexibility index (Phi) is 4.78. The van der Waals surface area contributed by atoms with Crippen molar-refractivity contribution in [1.29, 1.82) is 0 Å². The van der Waals surface area contributed by atoms with Gasteiger partial charge in [0.05, 0.1) is 18.2 Å². The molecule has 1 spiro atoms. The molecule has 5 heteroatoms. The molecule has 2 aliphatic heterocycles. The monoisotopic (exact) mass is 346 g/mol. The molecule has 1 saturated carbocycles. The molecule has 2 heterocycles. The molecule has 1 aliphatic carbocycles. The Morgan fingerprint density at radius 3 is 2.52 bits per heavy atom. The summed E-state index contributed by atoms with van der Waals surface area (Å²) in [7, 11) is 0. The number of carbonyl (C=O) groups excluding carboxylic acids is 1. The zero-order valence-electron chi connectivity index (χ0n) is 14.7. The van der Waals surface area contributed by atoms with Crippen molar-refractivity contribution in [1.82, 2.24) is 5.32 Å². The van der Waals surface area contributed by atoms with E-state index in [-0.39, 0.29) is 29.3 Å². The highest BCUT2D eigenvalue weighted by atomic mass is 19.1. The average Bonchev–Trinajstić information content (AvgIpc) is 3.29. The maximum Gasteiger partial charge on any atom is 0.230 e. The van der Waals surface area contributed by atoms with Crippen molar-refractivity contribution >= 4 is 11.6 Å². The van der Waals surface area contributed by atoms with Crippen LogP contribution in [0.15, 0.2) is 24.3 Å². The summed E-state index contributed by atoms with van der Waals surface area (Å²) in [5, 5.41) is 3.38. The van der Waals surface area contributed by atoms with E-state index >= 15 is 0 Å². The number of anilines is 1. The minimum atomic E-state index is -0.269. The number of nitrogens with one attached hydrogen (secondary N) is 1. The summed E-state index contributed by atoms with van der Waals surface area (Å²) in [5.74, 6) is 0.0350. The van der Waals surface area contributed by atoms with Crippen LogP contribution in [0, 0.1) is 11.7 Å². The number of piperidine rings is 1. The zero-order chi connectivity index (χ0) is 17.3. The van der Waals surface area contributed by atoms with Gasteiger partial charge in [-0.3, -0.25) is 4.79 Å². The molecule has 1 aromatic carbocycles. The number of hydrogen-bond acceptors (Lipinski definition) is 3. The molecule has 136 valence electrons. The van der Waals surface area contributed by atoms with E-state index in [1.54, 1.807) is 12.1 Å². The lowest BCUT2D eigenvalue weighted by Crippen LogP contribution is -2.46. The van der Waals surface area contributed by atoms with Gasteiger partial charge >= 0.3 is 0 Å². The summed E-state index contributed by atoms with van der Waals surface area (Å²) in [6.45, 7) is 2.52. The van der Waals surface area contributed by atoms with Crippen molar-refractivity contribution in [2.24, 2.45) is 5.92 Å². The number of carbonyl (C=O) groups is 1. The molecule has 3 aliphatic rings. The Bertz CT molecular complexity index is 607. The van der Waals surface area contributed by atoms with Crippen molar-refractivity contribution in [3.05, 3.63) is 30.1 Å². The van der Waals surface area contributed by atoms with Gasteiger partial charge in [0.1, 0.15) is 5.82 Å². The first kappa shape index (κ1) is 17.0. The number of rotatable bonds is 3. The number of halogens is 1. The van der Waals surface area contributed by atoms with Gasteiger partial charge in [-0.2, -0.15) is 0 Å². The van der Waals surface area contributed by atoms with Gasteiger partial charge in [-0.1, -0.05) is 12.8 Å². The third-order valence-electron chi connectivity index (χ3n) is 6.12. The molecule has 1 aromatic rings. The van der Waals surface area contributed by atoms with Gasteiger partial charge in [0.25, 0.3) is 0 Å². The lowest BCUT2D eigenvalue weighted by atomic mass is 9.87. The Hall–Kier alpha value is -1.46. The number of amides is 1. The predicted octanol–water partition coefficient (Wildman–Crippen LogP) is 3.26. The molecular weight excluding hydrogens is 319 g/mol. The standard InChI is InChI=1S/C20H27FN2O2/c21-16-5-7-17(8-6-16)23(19(24)15-3-1-2-4-15)18-13-20(25-14-18)9-11-22-12-10-20/h5-8,15,18,22H,1-4,9-14H2/t18-/m1/s1. The van der Waals surface area contributed by atoms with Gasteiger partial charge in [0, 0.05) is 11.6 Å². The molecule has 3 fully saturated rings. The number of hydrogen-bond donors (Lipinski definition) is 1. The van der Waals surface area contributed by atoms with Crippen molar-refractivity contribution in [2.75, 3.05) is 24.6 Å². The van der Waals surface area contributed by atoms with E-state index in [1.165, 1.54) is 12.1 Å². The molecule has 0 bridgehead atoms. The van der Waals surface area contributed by atoms with Gasteiger partial charge in [-0.15, -0.1) is 0 Å². The zero-order valence-corrected chi connectivity index (χ0v) is 14.7. The Labute approximate surface area is 148 Å². The molecule has 1 amide bonds. The Morgan fingerprint density at radius 2 is 1.84 bits per heavy atom. The fourth-order valence-corrected chi connectivity index (χ4v) is 4.71. The molecule has 25 heavy (non-hydrogen) atoms. The fourth-order valence-electron chi connectivity index (χ4n) is 4.71. The molecule has 0 radical (unpaired) electrons. The second-order valence-electron chi connectivity index (χ2n) is 7.77. The van der Waals surface area contributed by atoms with E-state index in [9.17, 15) is 9.18 Å². The maximum atomic E-state index is 13.4. The van der Waals surface area contributed by atoms with Crippen molar-refractivity contribution in [2.45, 2.75) is 56.6 Å². The first-order valence-electron chi connectivity index (χ1n) is 9.60. The minimum Gasteiger partial charge on any atom is -0.373 e. The van der Waals surface area contributed by atoms with Gasteiger partial charge in [0.2, 0.25) is 5.91 Å². The third-order valence-corrected chi connectivity index (χ3v) is 6.12. The van der Waals surface area contributed by atoms with Crippen LogP contribution in [0.4, 0.5) is 10.1 Å². The van der Waals surface area contributed by atoms with Crippen LogP contribution in [-0.4, -0.2) is 37.2 Å². The average molecular weight is 346 g/mol. The molecule has 0 unspecified atom stereocenters.